The topological polar surface area (TPSA) is 29.5 Å². The molecule has 0 bridgehead atoms. The van der Waals surface area contributed by atoms with Crippen molar-refractivity contribution in [1.29, 1.82) is 0 Å². The molecule has 1 saturated carbocycles. The SMILES string of the molecule is CCOC(=O)C1(CN2CCC3(CCC4=C3C=CC[C@H]4C)C2)CC1. The summed E-state index contributed by atoms with van der Waals surface area (Å²) in [4.78, 5) is 14.8. The molecule has 1 heterocycles. The van der Waals surface area contributed by atoms with Gasteiger partial charge >= 0.3 is 5.97 Å². The molecule has 3 aliphatic carbocycles. The van der Waals surface area contributed by atoms with Gasteiger partial charge in [-0.05, 0) is 63.5 Å². The maximum atomic E-state index is 12.2. The van der Waals surface area contributed by atoms with Crippen LogP contribution >= 0.6 is 0 Å². The molecule has 2 atom stereocenters. The van der Waals surface area contributed by atoms with E-state index >= 15 is 0 Å². The quantitative estimate of drug-likeness (QED) is 0.741. The lowest BCUT2D eigenvalue weighted by Crippen LogP contribution is -2.36. The fraction of sp³-hybridized carbons (Fsp3) is 0.750. The summed E-state index contributed by atoms with van der Waals surface area (Å²) in [6.07, 6.45) is 11.9. The van der Waals surface area contributed by atoms with Gasteiger partial charge in [0, 0.05) is 18.5 Å². The molecule has 1 saturated heterocycles. The Morgan fingerprint density at radius 2 is 2.17 bits per heavy atom. The molecule has 1 unspecified atom stereocenters. The van der Waals surface area contributed by atoms with E-state index in [-0.39, 0.29) is 11.4 Å². The zero-order chi connectivity index (χ0) is 16.1. The molecule has 0 amide bonds. The van der Waals surface area contributed by atoms with E-state index in [4.69, 9.17) is 4.74 Å². The predicted molar refractivity (Wildman–Crippen MR) is 91.0 cm³/mol. The third-order valence-corrected chi connectivity index (χ3v) is 6.68. The number of hydrogen-bond donors (Lipinski definition) is 0. The van der Waals surface area contributed by atoms with Crippen LogP contribution in [0.1, 0.15) is 52.4 Å². The third kappa shape index (κ3) is 2.48. The van der Waals surface area contributed by atoms with E-state index in [0.717, 1.165) is 38.4 Å². The molecule has 3 nitrogen and oxygen atoms in total. The highest BCUT2D eigenvalue weighted by Gasteiger charge is 2.54. The summed E-state index contributed by atoms with van der Waals surface area (Å²) in [6, 6.07) is 0. The van der Waals surface area contributed by atoms with Crippen LogP contribution in [0.4, 0.5) is 0 Å². The molecule has 0 aromatic heterocycles. The molecule has 0 aromatic carbocycles. The summed E-state index contributed by atoms with van der Waals surface area (Å²) in [5.74, 6) is 0.774. The first-order valence-corrected chi connectivity index (χ1v) is 9.38. The van der Waals surface area contributed by atoms with Crippen molar-refractivity contribution >= 4 is 5.97 Å². The molecule has 3 heteroatoms. The summed E-state index contributed by atoms with van der Waals surface area (Å²) in [5, 5.41) is 0. The van der Waals surface area contributed by atoms with Crippen LogP contribution in [0.3, 0.4) is 0 Å². The fourth-order valence-electron chi connectivity index (χ4n) is 5.12. The van der Waals surface area contributed by atoms with Crippen molar-refractivity contribution in [2.24, 2.45) is 16.7 Å². The first-order chi connectivity index (χ1) is 11.1. The Labute approximate surface area is 139 Å². The number of likely N-dealkylation sites (tertiary alicyclic amines) is 1. The summed E-state index contributed by atoms with van der Waals surface area (Å²) < 4.78 is 5.31. The number of carbonyl (C=O) groups excluding carboxylic acids is 1. The maximum absolute atomic E-state index is 12.2. The highest BCUT2D eigenvalue weighted by atomic mass is 16.5. The molecule has 4 rings (SSSR count). The smallest absolute Gasteiger partial charge is 0.313 e. The second kappa shape index (κ2) is 5.47. The number of fused-ring (bicyclic) bond motifs is 1. The van der Waals surface area contributed by atoms with Gasteiger partial charge in [0.1, 0.15) is 0 Å². The first-order valence-electron chi connectivity index (χ1n) is 9.38. The molecule has 1 spiro atoms. The number of esters is 1. The second-order valence-electron chi connectivity index (χ2n) is 8.22. The van der Waals surface area contributed by atoms with Crippen molar-refractivity contribution in [1.82, 2.24) is 4.90 Å². The standard InChI is InChI=1S/C20H29NO2/c1-3-23-18(22)20(9-10-20)14-21-12-11-19(13-21)8-7-16-15(2)5-4-6-17(16)19/h4,6,15H,3,5,7-14H2,1-2H3/t15-,19?/m1/s1. The number of allylic oxidation sites excluding steroid dienone is 3. The Hall–Kier alpha value is -1.09. The van der Waals surface area contributed by atoms with Gasteiger partial charge in [0.05, 0.1) is 12.0 Å². The molecule has 0 radical (unpaired) electrons. The van der Waals surface area contributed by atoms with E-state index in [9.17, 15) is 4.79 Å². The number of hydrogen-bond acceptors (Lipinski definition) is 3. The Morgan fingerprint density at radius 3 is 2.91 bits per heavy atom. The maximum Gasteiger partial charge on any atom is 0.313 e. The largest absolute Gasteiger partial charge is 0.466 e. The van der Waals surface area contributed by atoms with E-state index in [0.29, 0.717) is 12.0 Å². The molecule has 2 fully saturated rings. The lowest BCUT2D eigenvalue weighted by Gasteiger charge is -2.29. The molecule has 4 aliphatic rings. The Balaban J connectivity index is 1.46. The first kappa shape index (κ1) is 15.4. The van der Waals surface area contributed by atoms with Gasteiger partial charge in [-0.2, -0.15) is 0 Å². The van der Waals surface area contributed by atoms with E-state index in [1.165, 1.54) is 25.7 Å². The van der Waals surface area contributed by atoms with E-state index in [2.05, 4.69) is 24.0 Å². The minimum atomic E-state index is -0.174. The molecular weight excluding hydrogens is 286 g/mol. The van der Waals surface area contributed by atoms with Gasteiger partial charge in [-0.15, -0.1) is 0 Å². The number of nitrogens with zero attached hydrogens (tertiary/aromatic N) is 1. The van der Waals surface area contributed by atoms with Crippen molar-refractivity contribution in [3.63, 3.8) is 0 Å². The Morgan fingerprint density at radius 1 is 1.35 bits per heavy atom. The average Bonchev–Trinajstić information content (AvgIpc) is 3.07. The lowest BCUT2D eigenvalue weighted by molar-refractivity contribution is -0.150. The van der Waals surface area contributed by atoms with Gasteiger partial charge < -0.3 is 9.64 Å². The van der Waals surface area contributed by atoms with Crippen LogP contribution < -0.4 is 0 Å². The molecule has 126 valence electrons. The highest BCUT2D eigenvalue weighted by molar-refractivity contribution is 5.80. The zero-order valence-corrected chi connectivity index (χ0v) is 14.6. The molecular formula is C20H29NO2. The Bertz CT molecular complexity index is 572. The second-order valence-corrected chi connectivity index (χ2v) is 8.22. The summed E-state index contributed by atoms with van der Waals surface area (Å²) in [7, 11) is 0. The van der Waals surface area contributed by atoms with Crippen molar-refractivity contribution < 1.29 is 9.53 Å². The third-order valence-electron chi connectivity index (χ3n) is 6.68. The van der Waals surface area contributed by atoms with E-state index in [1.54, 1.807) is 11.1 Å². The minimum Gasteiger partial charge on any atom is -0.466 e. The summed E-state index contributed by atoms with van der Waals surface area (Å²) in [6.45, 7) is 7.98. The summed E-state index contributed by atoms with van der Waals surface area (Å²) >= 11 is 0. The van der Waals surface area contributed by atoms with Crippen LogP contribution in [0.25, 0.3) is 0 Å². The Kier molecular flexibility index (Phi) is 3.67. The van der Waals surface area contributed by atoms with Crippen LogP contribution in [-0.4, -0.2) is 37.1 Å². The number of ether oxygens (including phenoxy) is 1. The predicted octanol–water partition coefficient (Wildman–Crippen LogP) is 3.71. The summed E-state index contributed by atoms with van der Waals surface area (Å²) in [5.41, 5.74) is 3.58. The molecule has 1 aliphatic heterocycles. The van der Waals surface area contributed by atoms with Gasteiger partial charge in [-0.25, -0.2) is 0 Å². The van der Waals surface area contributed by atoms with E-state index in [1.807, 2.05) is 6.92 Å². The normalized spacial score (nSPS) is 35.0. The van der Waals surface area contributed by atoms with Gasteiger partial charge in [0.15, 0.2) is 0 Å². The minimum absolute atomic E-state index is 0.0402. The molecule has 23 heavy (non-hydrogen) atoms. The van der Waals surface area contributed by atoms with Crippen LogP contribution in [0.15, 0.2) is 23.3 Å². The van der Waals surface area contributed by atoms with Crippen LogP contribution in [0.5, 0.6) is 0 Å². The average molecular weight is 315 g/mol. The van der Waals surface area contributed by atoms with Crippen LogP contribution in [0.2, 0.25) is 0 Å². The van der Waals surface area contributed by atoms with E-state index < -0.39 is 0 Å². The molecule has 0 aromatic rings. The fourth-order valence-corrected chi connectivity index (χ4v) is 5.12. The van der Waals surface area contributed by atoms with Crippen LogP contribution in [-0.2, 0) is 9.53 Å². The van der Waals surface area contributed by atoms with Crippen molar-refractivity contribution in [3.8, 4) is 0 Å². The van der Waals surface area contributed by atoms with Crippen LogP contribution in [0, 0.1) is 16.7 Å². The van der Waals surface area contributed by atoms with Crippen molar-refractivity contribution in [2.45, 2.75) is 52.4 Å². The highest BCUT2D eigenvalue weighted by Crippen LogP contribution is 2.55. The van der Waals surface area contributed by atoms with Crippen molar-refractivity contribution in [2.75, 3.05) is 26.2 Å². The van der Waals surface area contributed by atoms with Gasteiger partial charge in [-0.3, -0.25) is 4.79 Å². The number of carbonyl (C=O) groups is 1. The van der Waals surface area contributed by atoms with Gasteiger partial charge in [0.25, 0.3) is 0 Å². The van der Waals surface area contributed by atoms with Gasteiger partial charge in [-0.1, -0.05) is 24.6 Å². The number of rotatable bonds is 4. The van der Waals surface area contributed by atoms with Crippen molar-refractivity contribution in [3.05, 3.63) is 23.3 Å². The lowest BCUT2D eigenvalue weighted by atomic mass is 9.77. The van der Waals surface area contributed by atoms with Gasteiger partial charge in [0.2, 0.25) is 0 Å². The molecule has 0 N–H and O–H groups in total. The zero-order valence-electron chi connectivity index (χ0n) is 14.6. The monoisotopic (exact) mass is 315 g/mol.